The van der Waals surface area contributed by atoms with E-state index in [4.69, 9.17) is 14.2 Å². The smallest absolute Gasteiger partial charge is 0.244 e. The van der Waals surface area contributed by atoms with Crippen LogP contribution in [0.15, 0.2) is 41.5 Å². The van der Waals surface area contributed by atoms with E-state index in [1.807, 2.05) is 0 Å². The van der Waals surface area contributed by atoms with E-state index in [1.54, 1.807) is 24.3 Å². The Morgan fingerprint density at radius 1 is 1.08 bits per heavy atom. The summed E-state index contributed by atoms with van der Waals surface area (Å²) in [5, 5.41) is 3.91. The normalized spacial score (nSPS) is 10.6. The first kappa shape index (κ1) is 18.3. The van der Waals surface area contributed by atoms with Gasteiger partial charge < -0.3 is 14.2 Å². The van der Waals surface area contributed by atoms with Crippen LogP contribution in [0.3, 0.4) is 0 Å². The van der Waals surface area contributed by atoms with E-state index < -0.39 is 0 Å². The standard InChI is InChI=1S/C18H19FN2O4/c1-23-15-8-13(9-16(24-2)18(15)25-3)11-20-21-17(22)10-12-4-6-14(19)7-5-12/h4-9,11H,10H2,1-3H3,(H,21,22)/b20-11+. The highest BCUT2D eigenvalue weighted by Crippen LogP contribution is 2.37. The second kappa shape index (κ2) is 8.68. The molecule has 0 unspecified atom stereocenters. The minimum Gasteiger partial charge on any atom is -0.493 e. The molecule has 25 heavy (non-hydrogen) atoms. The highest BCUT2D eigenvalue weighted by Gasteiger charge is 2.12. The van der Waals surface area contributed by atoms with Crippen LogP contribution < -0.4 is 19.6 Å². The predicted octanol–water partition coefficient (Wildman–Crippen LogP) is 2.54. The lowest BCUT2D eigenvalue weighted by molar-refractivity contribution is -0.120. The number of hydrogen-bond donors (Lipinski definition) is 1. The summed E-state index contributed by atoms with van der Waals surface area (Å²) in [6, 6.07) is 9.13. The second-order valence-electron chi connectivity index (χ2n) is 5.06. The Balaban J connectivity index is 2.03. The van der Waals surface area contributed by atoms with Crippen molar-refractivity contribution >= 4 is 12.1 Å². The van der Waals surface area contributed by atoms with Crippen molar-refractivity contribution in [3.63, 3.8) is 0 Å². The van der Waals surface area contributed by atoms with Gasteiger partial charge in [0.15, 0.2) is 11.5 Å². The summed E-state index contributed by atoms with van der Waals surface area (Å²) in [7, 11) is 4.55. The van der Waals surface area contributed by atoms with Crippen LogP contribution in [0.1, 0.15) is 11.1 Å². The van der Waals surface area contributed by atoms with Crippen LogP contribution in [0.25, 0.3) is 0 Å². The van der Waals surface area contributed by atoms with Crippen molar-refractivity contribution in [2.45, 2.75) is 6.42 Å². The number of ether oxygens (including phenoxy) is 3. The highest BCUT2D eigenvalue weighted by atomic mass is 19.1. The highest BCUT2D eigenvalue weighted by molar-refractivity contribution is 5.85. The van der Waals surface area contributed by atoms with Crippen molar-refractivity contribution in [2.75, 3.05) is 21.3 Å². The Labute approximate surface area is 145 Å². The van der Waals surface area contributed by atoms with Crippen LogP contribution in [0.5, 0.6) is 17.2 Å². The molecule has 0 heterocycles. The van der Waals surface area contributed by atoms with Gasteiger partial charge in [0.1, 0.15) is 5.82 Å². The molecule has 132 valence electrons. The molecule has 0 aliphatic carbocycles. The molecule has 0 bridgehead atoms. The third-order valence-electron chi connectivity index (χ3n) is 3.37. The molecule has 2 aromatic rings. The third-order valence-corrected chi connectivity index (χ3v) is 3.37. The molecule has 0 radical (unpaired) electrons. The molecule has 0 aliphatic heterocycles. The van der Waals surface area contributed by atoms with Gasteiger partial charge in [-0.15, -0.1) is 0 Å². The number of hydrazone groups is 1. The molecule has 0 saturated heterocycles. The van der Waals surface area contributed by atoms with E-state index in [2.05, 4.69) is 10.5 Å². The van der Waals surface area contributed by atoms with Gasteiger partial charge in [-0.05, 0) is 29.8 Å². The van der Waals surface area contributed by atoms with Gasteiger partial charge in [-0.25, -0.2) is 9.82 Å². The molecule has 0 atom stereocenters. The SMILES string of the molecule is COc1cc(/C=N/NC(=O)Cc2ccc(F)cc2)cc(OC)c1OC. The van der Waals surface area contributed by atoms with Gasteiger partial charge in [0.2, 0.25) is 11.7 Å². The lowest BCUT2D eigenvalue weighted by Gasteiger charge is -2.12. The average molecular weight is 346 g/mol. The number of carbonyl (C=O) groups excluding carboxylic acids is 1. The summed E-state index contributed by atoms with van der Waals surface area (Å²) in [6.45, 7) is 0. The van der Waals surface area contributed by atoms with Gasteiger partial charge in [0.05, 0.1) is 34.0 Å². The molecule has 0 aromatic heterocycles. The zero-order chi connectivity index (χ0) is 18.2. The van der Waals surface area contributed by atoms with Crippen LogP contribution in [0.4, 0.5) is 4.39 Å². The summed E-state index contributed by atoms with van der Waals surface area (Å²) < 4.78 is 28.6. The number of nitrogens with one attached hydrogen (secondary N) is 1. The molecule has 0 spiro atoms. The van der Waals surface area contributed by atoms with Crippen molar-refractivity contribution in [3.05, 3.63) is 53.3 Å². The molecule has 2 aromatic carbocycles. The Kier molecular flexibility index (Phi) is 6.33. The number of hydrogen-bond acceptors (Lipinski definition) is 5. The van der Waals surface area contributed by atoms with Gasteiger partial charge in [-0.3, -0.25) is 4.79 Å². The van der Waals surface area contributed by atoms with E-state index in [9.17, 15) is 9.18 Å². The molecule has 0 fully saturated rings. The van der Waals surface area contributed by atoms with E-state index >= 15 is 0 Å². The van der Waals surface area contributed by atoms with Gasteiger partial charge in [-0.2, -0.15) is 5.10 Å². The summed E-state index contributed by atoms with van der Waals surface area (Å²) in [4.78, 5) is 11.8. The van der Waals surface area contributed by atoms with Crippen molar-refractivity contribution < 1.29 is 23.4 Å². The van der Waals surface area contributed by atoms with Gasteiger partial charge in [0.25, 0.3) is 0 Å². The van der Waals surface area contributed by atoms with Crippen molar-refractivity contribution in [1.82, 2.24) is 5.43 Å². The van der Waals surface area contributed by atoms with Gasteiger partial charge in [0, 0.05) is 5.56 Å². The molecular weight excluding hydrogens is 327 g/mol. The predicted molar refractivity (Wildman–Crippen MR) is 91.9 cm³/mol. The maximum Gasteiger partial charge on any atom is 0.244 e. The number of nitrogens with zero attached hydrogens (tertiary/aromatic N) is 1. The molecule has 2 rings (SSSR count). The Morgan fingerprint density at radius 2 is 1.68 bits per heavy atom. The van der Waals surface area contributed by atoms with Crippen molar-refractivity contribution in [3.8, 4) is 17.2 Å². The van der Waals surface area contributed by atoms with Gasteiger partial charge in [-0.1, -0.05) is 12.1 Å². The number of halogens is 1. The van der Waals surface area contributed by atoms with Crippen molar-refractivity contribution in [1.29, 1.82) is 0 Å². The molecule has 6 nitrogen and oxygen atoms in total. The van der Waals surface area contributed by atoms with Gasteiger partial charge >= 0.3 is 0 Å². The Bertz CT molecular complexity index is 735. The van der Waals surface area contributed by atoms with Crippen LogP contribution in [-0.4, -0.2) is 33.5 Å². The second-order valence-corrected chi connectivity index (χ2v) is 5.06. The zero-order valence-electron chi connectivity index (χ0n) is 14.2. The fourth-order valence-electron chi connectivity index (χ4n) is 2.18. The molecule has 7 heteroatoms. The van der Waals surface area contributed by atoms with Crippen LogP contribution in [-0.2, 0) is 11.2 Å². The number of methoxy groups -OCH3 is 3. The van der Waals surface area contributed by atoms with E-state index in [1.165, 1.54) is 39.7 Å². The van der Waals surface area contributed by atoms with E-state index in [0.29, 0.717) is 28.4 Å². The third kappa shape index (κ3) is 4.94. The number of benzene rings is 2. The number of amides is 1. The lowest BCUT2D eigenvalue weighted by Crippen LogP contribution is -2.19. The summed E-state index contributed by atoms with van der Waals surface area (Å²) in [5.74, 6) is 0.796. The summed E-state index contributed by atoms with van der Waals surface area (Å²) in [6.07, 6.45) is 1.57. The molecule has 1 N–H and O–H groups in total. The van der Waals surface area contributed by atoms with Crippen LogP contribution >= 0.6 is 0 Å². The Hall–Kier alpha value is -3.09. The first-order chi connectivity index (χ1) is 12.1. The minimum atomic E-state index is -0.343. The van der Waals surface area contributed by atoms with Crippen LogP contribution in [0, 0.1) is 5.82 Å². The molecule has 0 saturated carbocycles. The fourth-order valence-corrected chi connectivity index (χ4v) is 2.18. The van der Waals surface area contributed by atoms with E-state index in [-0.39, 0.29) is 18.1 Å². The minimum absolute atomic E-state index is 0.104. The summed E-state index contributed by atoms with van der Waals surface area (Å²) >= 11 is 0. The summed E-state index contributed by atoms with van der Waals surface area (Å²) in [5.41, 5.74) is 3.78. The average Bonchev–Trinajstić information content (AvgIpc) is 2.62. The van der Waals surface area contributed by atoms with Crippen LogP contribution in [0.2, 0.25) is 0 Å². The lowest BCUT2D eigenvalue weighted by atomic mass is 10.1. The maximum atomic E-state index is 12.8. The van der Waals surface area contributed by atoms with Crippen molar-refractivity contribution in [2.24, 2.45) is 5.10 Å². The first-order valence-corrected chi connectivity index (χ1v) is 7.43. The monoisotopic (exact) mass is 346 g/mol. The largest absolute Gasteiger partial charge is 0.493 e. The quantitative estimate of drug-likeness (QED) is 0.618. The maximum absolute atomic E-state index is 12.8. The topological polar surface area (TPSA) is 69.2 Å². The number of rotatable bonds is 7. The Morgan fingerprint density at radius 3 is 2.20 bits per heavy atom. The van der Waals surface area contributed by atoms with E-state index in [0.717, 1.165) is 0 Å². The fraction of sp³-hybridized carbons (Fsp3) is 0.222. The number of carbonyl (C=O) groups is 1. The zero-order valence-corrected chi connectivity index (χ0v) is 14.2. The molecule has 0 aliphatic rings. The first-order valence-electron chi connectivity index (χ1n) is 7.43. The molecule has 1 amide bonds. The molecular formula is C18H19FN2O4.